The second-order valence-electron chi connectivity index (χ2n) is 13.5. The first-order chi connectivity index (χ1) is 29.1. The van der Waals surface area contributed by atoms with E-state index in [2.05, 4.69) is 0 Å². The van der Waals surface area contributed by atoms with Crippen LogP contribution in [0.3, 0.4) is 0 Å². The molecule has 360 valence electrons. The van der Waals surface area contributed by atoms with Gasteiger partial charge in [-0.1, -0.05) is 13.8 Å². The third-order valence-corrected chi connectivity index (χ3v) is 9.36. The van der Waals surface area contributed by atoms with Crippen molar-refractivity contribution < 1.29 is 90.1 Å². The van der Waals surface area contributed by atoms with Crippen LogP contribution in [0, 0.1) is 0 Å². The highest BCUT2D eigenvalue weighted by atomic mass is 16.8. The van der Waals surface area contributed by atoms with E-state index >= 15 is 4.79 Å². The first-order valence-electron chi connectivity index (χ1n) is 20.9. The molecule has 2 atom stereocenters. The predicted octanol–water partition coefficient (Wildman–Crippen LogP) is 2.36. The van der Waals surface area contributed by atoms with Crippen molar-refractivity contribution in [3.63, 3.8) is 0 Å². The lowest BCUT2D eigenvalue weighted by Gasteiger charge is -2.53. The van der Waals surface area contributed by atoms with Crippen molar-refractivity contribution >= 4 is 5.78 Å². The van der Waals surface area contributed by atoms with Crippen LogP contribution in [0.5, 0.6) is 0 Å². The maximum absolute atomic E-state index is 16.3. The maximum Gasteiger partial charge on any atom is 0.264 e. The van der Waals surface area contributed by atoms with Crippen LogP contribution >= 0.6 is 0 Å². The largest absolute Gasteiger partial charge is 0.382 e. The van der Waals surface area contributed by atoms with Gasteiger partial charge in [-0.15, -0.1) is 0 Å². The molecule has 19 nitrogen and oxygen atoms in total. The molecule has 0 aromatic rings. The van der Waals surface area contributed by atoms with E-state index in [0.717, 1.165) is 0 Å². The lowest BCUT2D eigenvalue weighted by Crippen LogP contribution is -2.74. The molecule has 60 heavy (non-hydrogen) atoms. The summed E-state index contributed by atoms with van der Waals surface area (Å²) in [4.78, 5) is 16.3. The minimum atomic E-state index is -2.24. The zero-order chi connectivity index (χ0) is 44.7. The highest BCUT2D eigenvalue weighted by molar-refractivity contribution is 5.95. The quantitative estimate of drug-likeness (QED) is 0.0641. The topological polar surface area (TPSA) is 183 Å². The van der Waals surface area contributed by atoms with Crippen LogP contribution in [-0.2, 0) is 90.1 Å². The summed E-state index contributed by atoms with van der Waals surface area (Å²) in [6.07, 6.45) is 0.443. The summed E-state index contributed by atoms with van der Waals surface area (Å²) in [5.74, 6) is -5.25. The molecule has 0 aromatic heterocycles. The number of carbonyl (C=O) groups excluding carboxylic acids is 1. The number of ether oxygens (including phenoxy) is 18. The van der Waals surface area contributed by atoms with Gasteiger partial charge in [0.15, 0.2) is 0 Å². The molecule has 0 aliphatic rings. The van der Waals surface area contributed by atoms with E-state index in [-0.39, 0.29) is 92.1 Å². The Morgan fingerprint density at radius 2 is 0.483 bits per heavy atom. The van der Waals surface area contributed by atoms with Gasteiger partial charge in [0, 0.05) is 42.7 Å². The normalized spacial score (nSPS) is 14.4. The van der Waals surface area contributed by atoms with Crippen LogP contribution in [0.1, 0.15) is 40.5 Å². The van der Waals surface area contributed by atoms with Gasteiger partial charge in [0.25, 0.3) is 17.4 Å². The minimum Gasteiger partial charge on any atom is -0.382 e. The number of rotatable bonds is 48. The van der Waals surface area contributed by atoms with Crippen molar-refractivity contribution in [2.45, 2.75) is 63.3 Å². The average Bonchev–Trinajstić information content (AvgIpc) is 3.26. The van der Waals surface area contributed by atoms with E-state index in [4.69, 9.17) is 85.3 Å². The molecule has 2 unspecified atom stereocenters. The molecule has 19 heteroatoms. The second kappa shape index (κ2) is 38.4. The Hall–Kier alpha value is -1.05. The zero-order valence-electron chi connectivity index (χ0n) is 38.6. The number of hydrogen-bond acceptors (Lipinski definition) is 19. The van der Waals surface area contributed by atoms with Crippen LogP contribution < -0.4 is 0 Å². The average molecular weight is 879 g/mol. The summed E-state index contributed by atoms with van der Waals surface area (Å²) < 4.78 is 106. The molecule has 0 fully saturated rings. The number of methoxy groups -OCH3 is 6. The fourth-order valence-electron chi connectivity index (χ4n) is 5.61. The molecule has 0 N–H and O–H groups in total. The Morgan fingerprint density at radius 3 is 0.667 bits per heavy atom. The highest BCUT2D eigenvalue weighted by Crippen LogP contribution is 2.45. The van der Waals surface area contributed by atoms with Crippen molar-refractivity contribution in [2.75, 3.05) is 201 Å². The van der Waals surface area contributed by atoms with Gasteiger partial charge in [-0.3, -0.25) is 4.79 Å². The fourth-order valence-corrected chi connectivity index (χ4v) is 5.61. The van der Waals surface area contributed by atoms with E-state index in [1.165, 1.54) is 0 Å². The van der Waals surface area contributed by atoms with E-state index in [1.54, 1.807) is 56.5 Å². The smallest absolute Gasteiger partial charge is 0.264 e. The third kappa shape index (κ3) is 22.5. The van der Waals surface area contributed by atoms with Crippen LogP contribution in [0.2, 0.25) is 0 Å². The van der Waals surface area contributed by atoms with Crippen LogP contribution in [0.4, 0.5) is 0 Å². The van der Waals surface area contributed by atoms with Crippen LogP contribution in [-0.4, -0.2) is 230 Å². The van der Waals surface area contributed by atoms with Gasteiger partial charge in [0.1, 0.15) is 11.2 Å². The van der Waals surface area contributed by atoms with Gasteiger partial charge in [-0.2, -0.15) is 0 Å². The number of carbonyl (C=O) groups is 1. The molecule has 0 heterocycles. The summed E-state index contributed by atoms with van der Waals surface area (Å²) >= 11 is 0. The van der Waals surface area contributed by atoms with Gasteiger partial charge in [0.2, 0.25) is 0 Å². The molecule has 0 spiro atoms. The SMILES string of the molecule is CCC(C)(OCCOCCOC)C(OCCOCCOC)(OCCOCCOC)C(=O)C(OCCOCCOC)(OCCOCCOC)C(C)(CC)OCCOCCOC. The van der Waals surface area contributed by atoms with E-state index in [0.29, 0.717) is 79.3 Å². The fraction of sp³-hybridized carbons (Fsp3) is 0.976. The monoisotopic (exact) mass is 879 g/mol. The molecule has 0 radical (unpaired) electrons. The summed E-state index contributed by atoms with van der Waals surface area (Å²) in [6, 6.07) is 0. The first kappa shape index (κ1) is 58.9. The first-order valence-corrected chi connectivity index (χ1v) is 20.9. The van der Waals surface area contributed by atoms with Gasteiger partial charge < -0.3 is 85.3 Å². The molecule has 0 aliphatic carbocycles. The van der Waals surface area contributed by atoms with Gasteiger partial charge in [-0.05, 0) is 26.7 Å². The Kier molecular flexibility index (Phi) is 37.7. The van der Waals surface area contributed by atoms with Crippen molar-refractivity contribution in [2.24, 2.45) is 0 Å². The number of ketones is 1. The number of Topliss-reactive ketones (excluding diaryl/α,β-unsaturated/α-hetero) is 1. The van der Waals surface area contributed by atoms with Crippen molar-refractivity contribution in [1.82, 2.24) is 0 Å². The summed E-state index contributed by atoms with van der Waals surface area (Å²) in [5, 5.41) is 0. The Labute approximate surface area is 360 Å². The molecule has 0 saturated carbocycles. The van der Waals surface area contributed by atoms with E-state index in [9.17, 15) is 0 Å². The lowest BCUT2D eigenvalue weighted by atomic mass is 9.78. The van der Waals surface area contributed by atoms with Crippen molar-refractivity contribution in [3.05, 3.63) is 0 Å². The minimum absolute atomic E-state index is 0.0697. The summed E-state index contributed by atoms with van der Waals surface area (Å²) in [6.45, 7) is 11.9. The second-order valence-corrected chi connectivity index (χ2v) is 13.5. The van der Waals surface area contributed by atoms with Crippen molar-refractivity contribution in [1.29, 1.82) is 0 Å². The molecular formula is C41H82O19. The van der Waals surface area contributed by atoms with Crippen molar-refractivity contribution in [3.8, 4) is 0 Å². The Bertz CT molecular complexity index is 861. The predicted molar refractivity (Wildman–Crippen MR) is 220 cm³/mol. The molecule has 0 aromatic carbocycles. The van der Waals surface area contributed by atoms with E-state index < -0.39 is 28.6 Å². The highest BCUT2D eigenvalue weighted by Gasteiger charge is 2.69. The summed E-state index contributed by atoms with van der Waals surface area (Å²) in [7, 11) is 9.52. The molecule has 0 bridgehead atoms. The molecule has 0 aliphatic heterocycles. The standard InChI is InChI=1S/C41H82O19/c1-11-38(3,55-31-25-49-19-13-43-5)40(57-33-27-51-21-15-45-7,58-34-28-52-22-16-46-8)37(42)41(59-35-29-53-23-17-47-9,60-36-30-54-24-18-48-10)39(4,12-2)56-32-26-50-20-14-44-6/h11-36H2,1-10H3. The van der Waals surface area contributed by atoms with Gasteiger partial charge in [0.05, 0.1) is 159 Å². The molecular weight excluding hydrogens is 796 g/mol. The lowest BCUT2D eigenvalue weighted by molar-refractivity contribution is -0.358. The maximum atomic E-state index is 16.3. The van der Waals surface area contributed by atoms with E-state index in [1.807, 2.05) is 13.8 Å². The van der Waals surface area contributed by atoms with Crippen LogP contribution in [0.15, 0.2) is 0 Å². The van der Waals surface area contributed by atoms with Gasteiger partial charge >= 0.3 is 0 Å². The zero-order valence-corrected chi connectivity index (χ0v) is 38.6. The Morgan fingerprint density at radius 1 is 0.300 bits per heavy atom. The third-order valence-electron chi connectivity index (χ3n) is 9.36. The summed E-state index contributed by atoms with van der Waals surface area (Å²) in [5.41, 5.74) is -3.01. The van der Waals surface area contributed by atoms with Crippen LogP contribution in [0.25, 0.3) is 0 Å². The number of hydrogen-bond donors (Lipinski definition) is 0. The Balaban J connectivity index is 7.67. The molecule has 0 amide bonds. The molecule has 0 rings (SSSR count). The molecule has 0 saturated heterocycles. The van der Waals surface area contributed by atoms with Gasteiger partial charge in [-0.25, -0.2) is 0 Å².